The number of likely N-dealkylation sites (N-methyl/N-ethyl adjacent to an activating group) is 1. The number of nitrogens with one attached hydrogen (secondary N) is 1. The summed E-state index contributed by atoms with van der Waals surface area (Å²) < 4.78 is 5.98. The first-order chi connectivity index (χ1) is 8.35. The smallest absolute Gasteiger partial charge is 0.123 e. The second-order valence-electron chi connectivity index (χ2n) is 4.46. The van der Waals surface area contributed by atoms with Gasteiger partial charge in [0.15, 0.2) is 0 Å². The lowest BCUT2D eigenvalue weighted by Crippen LogP contribution is -2.40. The first-order valence-electron chi connectivity index (χ1n) is 6.20. The van der Waals surface area contributed by atoms with Gasteiger partial charge in [0.25, 0.3) is 0 Å². The molecule has 1 aliphatic heterocycles. The zero-order chi connectivity index (χ0) is 12.1. The van der Waals surface area contributed by atoms with Crippen LogP contribution in [0.4, 0.5) is 0 Å². The molecule has 0 saturated carbocycles. The number of unbranched alkanes of at least 4 members (excludes halogenated alkanes) is 1. The molecule has 0 radical (unpaired) electrons. The molecule has 2 nitrogen and oxygen atoms in total. The van der Waals surface area contributed by atoms with E-state index < -0.39 is 0 Å². The topological polar surface area (TPSA) is 21.3 Å². The van der Waals surface area contributed by atoms with Gasteiger partial charge in [-0.05, 0) is 31.5 Å². The molecule has 1 aromatic carbocycles. The number of rotatable bonds is 5. The van der Waals surface area contributed by atoms with Crippen molar-refractivity contribution in [2.24, 2.45) is 0 Å². The minimum absolute atomic E-state index is 0.246. The molecule has 1 aliphatic rings. The van der Waals surface area contributed by atoms with Crippen LogP contribution in [-0.2, 0) is 6.42 Å². The van der Waals surface area contributed by atoms with Crippen LogP contribution in [0, 0.1) is 12.3 Å². The average Bonchev–Trinajstić information content (AvgIpc) is 2.78. The molecule has 2 atom stereocenters. The highest BCUT2D eigenvalue weighted by atomic mass is 16.5. The van der Waals surface area contributed by atoms with E-state index in [0.29, 0.717) is 6.04 Å². The van der Waals surface area contributed by atoms with Crippen molar-refractivity contribution >= 4 is 0 Å². The molecule has 2 unspecified atom stereocenters. The van der Waals surface area contributed by atoms with Crippen molar-refractivity contribution < 1.29 is 4.74 Å². The molecule has 0 fully saturated rings. The number of benzene rings is 1. The quantitative estimate of drug-likeness (QED) is 0.618. The van der Waals surface area contributed by atoms with Gasteiger partial charge in [-0.1, -0.05) is 18.2 Å². The van der Waals surface area contributed by atoms with E-state index in [0.717, 1.165) is 31.4 Å². The first-order valence-corrected chi connectivity index (χ1v) is 6.20. The van der Waals surface area contributed by atoms with E-state index in [2.05, 4.69) is 23.4 Å². The third kappa shape index (κ3) is 2.81. The van der Waals surface area contributed by atoms with Crippen molar-refractivity contribution in [2.75, 3.05) is 7.05 Å². The molecule has 0 aliphatic carbocycles. The summed E-state index contributed by atoms with van der Waals surface area (Å²) in [7, 11) is 1.99. The maximum atomic E-state index is 5.98. The molecule has 0 bridgehead atoms. The van der Waals surface area contributed by atoms with Crippen LogP contribution in [0.15, 0.2) is 24.3 Å². The van der Waals surface area contributed by atoms with E-state index in [1.807, 2.05) is 19.2 Å². The minimum atomic E-state index is 0.246. The van der Waals surface area contributed by atoms with E-state index >= 15 is 0 Å². The van der Waals surface area contributed by atoms with Crippen LogP contribution < -0.4 is 10.1 Å². The lowest BCUT2D eigenvalue weighted by molar-refractivity contribution is 0.175. The molecule has 1 heterocycles. The van der Waals surface area contributed by atoms with E-state index in [1.165, 1.54) is 5.56 Å². The number of terminal acetylenes is 1. The van der Waals surface area contributed by atoms with Gasteiger partial charge in [-0.25, -0.2) is 0 Å². The van der Waals surface area contributed by atoms with Crippen LogP contribution in [0.3, 0.4) is 0 Å². The summed E-state index contributed by atoms with van der Waals surface area (Å²) in [6.45, 7) is 0. The molecule has 0 spiro atoms. The Hall–Kier alpha value is -1.46. The Bertz CT molecular complexity index is 383. The molecule has 0 aromatic heterocycles. The highest BCUT2D eigenvalue weighted by molar-refractivity contribution is 5.37. The van der Waals surface area contributed by atoms with Crippen LogP contribution in [0.25, 0.3) is 0 Å². The van der Waals surface area contributed by atoms with Crippen molar-refractivity contribution in [3.05, 3.63) is 29.8 Å². The average molecular weight is 229 g/mol. The molecule has 2 heteroatoms. The molecule has 2 rings (SSSR count). The Morgan fingerprint density at radius 2 is 2.35 bits per heavy atom. The fourth-order valence-corrected chi connectivity index (χ4v) is 2.37. The molecule has 0 saturated heterocycles. The van der Waals surface area contributed by atoms with E-state index in [4.69, 9.17) is 11.2 Å². The first kappa shape index (κ1) is 12.0. The largest absolute Gasteiger partial charge is 0.488 e. The molecule has 90 valence electrons. The van der Waals surface area contributed by atoms with Crippen LogP contribution in [0.1, 0.15) is 24.8 Å². The van der Waals surface area contributed by atoms with E-state index in [1.54, 1.807) is 0 Å². The Morgan fingerprint density at radius 3 is 3.06 bits per heavy atom. The van der Waals surface area contributed by atoms with E-state index in [-0.39, 0.29) is 6.10 Å². The maximum Gasteiger partial charge on any atom is 0.123 e. The minimum Gasteiger partial charge on any atom is -0.488 e. The molecule has 17 heavy (non-hydrogen) atoms. The Labute approximate surface area is 103 Å². The number of fused-ring (bicyclic) bond motifs is 1. The number of para-hydroxylation sites is 1. The van der Waals surface area contributed by atoms with Gasteiger partial charge in [0.05, 0.1) is 0 Å². The molecule has 0 amide bonds. The zero-order valence-corrected chi connectivity index (χ0v) is 10.3. The third-order valence-electron chi connectivity index (χ3n) is 3.33. The molecular formula is C15H19NO. The Morgan fingerprint density at radius 1 is 1.53 bits per heavy atom. The second kappa shape index (κ2) is 5.75. The number of hydrogen-bond donors (Lipinski definition) is 1. The fourth-order valence-electron chi connectivity index (χ4n) is 2.37. The van der Waals surface area contributed by atoms with Gasteiger partial charge in [-0.2, -0.15) is 0 Å². The number of hydrogen-bond acceptors (Lipinski definition) is 2. The summed E-state index contributed by atoms with van der Waals surface area (Å²) in [6, 6.07) is 8.66. The van der Waals surface area contributed by atoms with Gasteiger partial charge in [0, 0.05) is 18.9 Å². The van der Waals surface area contributed by atoms with Crippen molar-refractivity contribution in [2.45, 2.75) is 37.8 Å². The SMILES string of the molecule is C#CCCCC(NC)C1Cc2ccccc2O1. The van der Waals surface area contributed by atoms with E-state index in [9.17, 15) is 0 Å². The van der Waals surface area contributed by atoms with Crippen LogP contribution in [0.5, 0.6) is 5.75 Å². The summed E-state index contributed by atoms with van der Waals surface area (Å²) in [6.07, 6.45) is 9.49. The van der Waals surface area contributed by atoms with Gasteiger partial charge in [0.2, 0.25) is 0 Å². The van der Waals surface area contributed by atoms with Crippen LogP contribution in [-0.4, -0.2) is 19.2 Å². The lowest BCUT2D eigenvalue weighted by Gasteiger charge is -2.22. The highest BCUT2D eigenvalue weighted by Gasteiger charge is 2.28. The standard InChI is InChI=1S/C15H19NO/c1-3-4-5-9-13(16-2)15-11-12-8-6-7-10-14(12)17-15/h1,6-8,10,13,15-16H,4-5,9,11H2,2H3. The van der Waals surface area contributed by atoms with Crippen molar-refractivity contribution in [3.63, 3.8) is 0 Å². The molecule has 1 N–H and O–H groups in total. The summed E-state index contributed by atoms with van der Waals surface area (Å²) >= 11 is 0. The van der Waals surface area contributed by atoms with Crippen LogP contribution >= 0.6 is 0 Å². The summed E-state index contributed by atoms with van der Waals surface area (Å²) in [4.78, 5) is 0. The maximum absolute atomic E-state index is 5.98. The summed E-state index contributed by atoms with van der Waals surface area (Å²) in [5.41, 5.74) is 1.31. The summed E-state index contributed by atoms with van der Waals surface area (Å²) in [5.74, 6) is 3.72. The summed E-state index contributed by atoms with van der Waals surface area (Å²) in [5, 5.41) is 3.34. The third-order valence-corrected chi connectivity index (χ3v) is 3.33. The zero-order valence-electron chi connectivity index (χ0n) is 10.3. The molecular weight excluding hydrogens is 210 g/mol. The number of ether oxygens (including phenoxy) is 1. The van der Waals surface area contributed by atoms with Crippen molar-refractivity contribution in [3.8, 4) is 18.1 Å². The monoisotopic (exact) mass is 229 g/mol. The normalized spacial score (nSPS) is 19.2. The van der Waals surface area contributed by atoms with Gasteiger partial charge in [-0.15, -0.1) is 12.3 Å². The Balaban J connectivity index is 1.93. The predicted octanol–water partition coefficient (Wildman–Crippen LogP) is 2.38. The Kier molecular flexibility index (Phi) is 4.06. The fraction of sp³-hybridized carbons (Fsp3) is 0.467. The van der Waals surface area contributed by atoms with Gasteiger partial charge >= 0.3 is 0 Å². The second-order valence-corrected chi connectivity index (χ2v) is 4.46. The van der Waals surface area contributed by atoms with Gasteiger partial charge < -0.3 is 10.1 Å². The van der Waals surface area contributed by atoms with Crippen molar-refractivity contribution in [1.29, 1.82) is 0 Å². The van der Waals surface area contributed by atoms with Crippen molar-refractivity contribution in [1.82, 2.24) is 5.32 Å². The van der Waals surface area contributed by atoms with Crippen LogP contribution in [0.2, 0.25) is 0 Å². The van der Waals surface area contributed by atoms with Gasteiger partial charge in [0.1, 0.15) is 11.9 Å². The molecule has 1 aromatic rings. The predicted molar refractivity (Wildman–Crippen MR) is 70.1 cm³/mol. The van der Waals surface area contributed by atoms with Gasteiger partial charge in [-0.3, -0.25) is 0 Å². The lowest BCUT2D eigenvalue weighted by atomic mass is 10.00. The highest BCUT2D eigenvalue weighted by Crippen LogP contribution is 2.30.